The summed E-state index contributed by atoms with van der Waals surface area (Å²) in [6, 6.07) is 5.39. The Balaban J connectivity index is 2.02. The van der Waals surface area contributed by atoms with Crippen LogP contribution < -0.4 is 21.5 Å². The van der Waals surface area contributed by atoms with Crippen molar-refractivity contribution in [3.8, 4) is 0 Å². The number of carbonyl (C=O) groups is 2. The van der Waals surface area contributed by atoms with Gasteiger partial charge < -0.3 is 26.3 Å². The fourth-order valence-electron chi connectivity index (χ4n) is 1.73. The summed E-state index contributed by atoms with van der Waals surface area (Å²) in [7, 11) is 0. The molecule has 1 saturated heterocycles. The van der Waals surface area contributed by atoms with Crippen LogP contribution in [0.3, 0.4) is 0 Å². The molecule has 6 nitrogen and oxygen atoms in total. The molecular formula is C11H12N3O3-. The molecule has 1 aliphatic rings. The van der Waals surface area contributed by atoms with Crippen molar-refractivity contribution in [1.29, 1.82) is 0 Å². The Morgan fingerprint density at radius 1 is 1.41 bits per heavy atom. The third-order valence-corrected chi connectivity index (χ3v) is 2.64. The highest BCUT2D eigenvalue weighted by Crippen LogP contribution is 2.16. The van der Waals surface area contributed by atoms with Crippen molar-refractivity contribution in [2.45, 2.75) is 18.5 Å². The molecule has 17 heavy (non-hydrogen) atoms. The molecule has 0 saturated carbocycles. The fraction of sp³-hybridized carbons (Fsp3) is 0.273. The zero-order valence-corrected chi connectivity index (χ0v) is 8.97. The van der Waals surface area contributed by atoms with Crippen molar-refractivity contribution in [1.82, 2.24) is 5.32 Å². The first kappa shape index (κ1) is 11.3. The van der Waals surface area contributed by atoms with Gasteiger partial charge in [-0.2, -0.15) is 0 Å². The van der Waals surface area contributed by atoms with E-state index < -0.39 is 18.1 Å². The number of carboxylic acid groups (broad SMARTS) is 1. The molecule has 1 heterocycles. The van der Waals surface area contributed by atoms with Gasteiger partial charge in [-0.05, 0) is 24.3 Å². The zero-order chi connectivity index (χ0) is 12.4. The van der Waals surface area contributed by atoms with Gasteiger partial charge in [-0.25, -0.2) is 0 Å². The molecule has 4 N–H and O–H groups in total. The van der Waals surface area contributed by atoms with Crippen molar-refractivity contribution in [3.05, 3.63) is 24.3 Å². The first-order valence-corrected chi connectivity index (χ1v) is 5.19. The Kier molecular flexibility index (Phi) is 2.86. The predicted octanol–water partition coefficient (Wildman–Crippen LogP) is -1.31. The van der Waals surface area contributed by atoms with Crippen LogP contribution in [-0.2, 0) is 9.59 Å². The second-order valence-corrected chi connectivity index (χ2v) is 3.93. The maximum absolute atomic E-state index is 11.5. The lowest BCUT2D eigenvalue weighted by Crippen LogP contribution is -2.42. The molecule has 2 atom stereocenters. The second-order valence-electron chi connectivity index (χ2n) is 3.93. The highest BCUT2D eigenvalue weighted by Gasteiger charge is 2.32. The van der Waals surface area contributed by atoms with E-state index in [2.05, 4.69) is 10.6 Å². The number of nitrogens with two attached hydrogens (primary N) is 1. The van der Waals surface area contributed by atoms with Crippen LogP contribution in [0.5, 0.6) is 0 Å². The molecule has 0 spiro atoms. The largest absolute Gasteiger partial charge is 0.548 e. The van der Waals surface area contributed by atoms with Crippen molar-refractivity contribution in [2.24, 2.45) is 0 Å². The number of nitrogens with one attached hydrogen (secondary N) is 2. The molecular weight excluding hydrogens is 222 g/mol. The molecule has 0 radical (unpaired) electrons. The summed E-state index contributed by atoms with van der Waals surface area (Å²) in [5.41, 5.74) is 6.88. The number of amides is 1. The highest BCUT2D eigenvalue weighted by molar-refractivity contribution is 5.92. The van der Waals surface area contributed by atoms with Crippen molar-refractivity contribution >= 4 is 23.3 Å². The minimum atomic E-state index is -1.26. The van der Waals surface area contributed by atoms with Gasteiger partial charge in [-0.1, -0.05) is 0 Å². The van der Waals surface area contributed by atoms with Crippen LogP contribution in [0, 0.1) is 0 Å². The number of hydrogen-bond acceptors (Lipinski definition) is 5. The average Bonchev–Trinajstić information content (AvgIpc) is 2.64. The summed E-state index contributed by atoms with van der Waals surface area (Å²) >= 11 is 0. The number of hydrogen-bond donors (Lipinski definition) is 3. The lowest BCUT2D eigenvalue weighted by molar-refractivity contribution is -0.308. The van der Waals surface area contributed by atoms with Crippen LogP contribution in [0.15, 0.2) is 24.3 Å². The summed E-state index contributed by atoms with van der Waals surface area (Å²) < 4.78 is 0. The molecule has 0 aliphatic carbocycles. The molecule has 1 aromatic carbocycles. The zero-order valence-electron chi connectivity index (χ0n) is 8.97. The lowest BCUT2D eigenvalue weighted by atomic mass is 10.1. The average molecular weight is 234 g/mol. The van der Waals surface area contributed by atoms with E-state index in [1.165, 1.54) is 0 Å². The van der Waals surface area contributed by atoms with Crippen molar-refractivity contribution < 1.29 is 14.7 Å². The van der Waals surface area contributed by atoms with Crippen LogP contribution in [0.2, 0.25) is 0 Å². The third-order valence-electron chi connectivity index (χ3n) is 2.64. The Bertz CT molecular complexity index is 444. The van der Waals surface area contributed by atoms with Gasteiger partial charge in [0.1, 0.15) is 6.04 Å². The molecule has 6 heteroatoms. The quantitative estimate of drug-likeness (QED) is 0.563. The summed E-state index contributed by atoms with van der Waals surface area (Å²) in [6.45, 7) is 0. The maximum Gasteiger partial charge on any atom is 0.243 e. The molecule has 0 bridgehead atoms. The minimum absolute atomic E-state index is 0.172. The van der Waals surface area contributed by atoms with Gasteiger partial charge in [0.05, 0.1) is 12.0 Å². The third kappa shape index (κ3) is 2.47. The Hall–Kier alpha value is -2.24. The topological polar surface area (TPSA) is 107 Å². The number of benzene rings is 1. The maximum atomic E-state index is 11.5. The van der Waals surface area contributed by atoms with E-state index in [1.54, 1.807) is 24.3 Å². The number of carboxylic acids is 1. The second kappa shape index (κ2) is 4.32. The Morgan fingerprint density at radius 2 is 2.06 bits per heavy atom. The van der Waals surface area contributed by atoms with Crippen LogP contribution in [-0.4, -0.2) is 24.0 Å². The van der Waals surface area contributed by atoms with E-state index in [0.29, 0.717) is 5.69 Å². The minimum Gasteiger partial charge on any atom is -0.548 e. The van der Waals surface area contributed by atoms with Crippen LogP contribution in [0.25, 0.3) is 0 Å². The van der Waals surface area contributed by atoms with E-state index in [4.69, 9.17) is 5.73 Å². The van der Waals surface area contributed by atoms with Gasteiger partial charge in [0, 0.05) is 17.8 Å². The van der Waals surface area contributed by atoms with Crippen LogP contribution >= 0.6 is 0 Å². The van der Waals surface area contributed by atoms with Gasteiger partial charge >= 0.3 is 0 Å². The van der Waals surface area contributed by atoms with E-state index >= 15 is 0 Å². The first-order valence-electron chi connectivity index (χ1n) is 5.19. The first-order chi connectivity index (χ1) is 8.06. The van der Waals surface area contributed by atoms with Gasteiger partial charge in [0.15, 0.2) is 0 Å². The Labute approximate surface area is 97.8 Å². The molecule has 2 rings (SSSR count). The number of rotatable bonds is 3. The highest BCUT2D eigenvalue weighted by atomic mass is 16.4. The number of nitrogen functional groups attached to an aromatic ring is 1. The molecule has 1 fully saturated rings. The molecule has 90 valence electrons. The molecule has 0 aromatic heterocycles. The molecule has 1 aromatic rings. The van der Waals surface area contributed by atoms with Gasteiger partial charge in [-0.3, -0.25) is 4.79 Å². The standard InChI is InChI=1S/C11H13N3O3/c12-6-1-3-7(4-2-6)13-8-5-9(11(16)17)14-10(8)15/h1-4,8-9,13H,5,12H2,(H,14,15)(H,16,17)/p-1/t8?,9-/m0/s1. The van der Waals surface area contributed by atoms with Crippen molar-refractivity contribution in [3.63, 3.8) is 0 Å². The molecule has 1 amide bonds. The van der Waals surface area contributed by atoms with Crippen LogP contribution in [0.4, 0.5) is 11.4 Å². The Morgan fingerprint density at radius 3 is 2.59 bits per heavy atom. The SMILES string of the molecule is Nc1ccc(NC2C[C@@H](C(=O)[O-])NC2=O)cc1. The number of carbonyl (C=O) groups excluding carboxylic acids is 2. The summed E-state index contributed by atoms with van der Waals surface area (Å²) in [5, 5.41) is 15.9. The summed E-state index contributed by atoms with van der Waals surface area (Å²) in [5.74, 6) is -1.60. The number of anilines is 2. The molecule has 1 aliphatic heterocycles. The van der Waals surface area contributed by atoms with E-state index in [-0.39, 0.29) is 12.3 Å². The van der Waals surface area contributed by atoms with Gasteiger partial charge in [0.2, 0.25) is 5.91 Å². The monoisotopic (exact) mass is 234 g/mol. The van der Waals surface area contributed by atoms with Crippen molar-refractivity contribution in [2.75, 3.05) is 11.1 Å². The van der Waals surface area contributed by atoms with E-state index in [0.717, 1.165) is 5.69 Å². The van der Waals surface area contributed by atoms with E-state index in [1.807, 2.05) is 0 Å². The summed E-state index contributed by atoms with van der Waals surface area (Å²) in [6.07, 6.45) is 0.172. The fourth-order valence-corrected chi connectivity index (χ4v) is 1.73. The smallest absolute Gasteiger partial charge is 0.243 e. The van der Waals surface area contributed by atoms with Crippen LogP contribution in [0.1, 0.15) is 6.42 Å². The number of aliphatic carboxylic acids is 1. The van der Waals surface area contributed by atoms with Gasteiger partial charge in [0.25, 0.3) is 0 Å². The van der Waals surface area contributed by atoms with E-state index in [9.17, 15) is 14.7 Å². The summed E-state index contributed by atoms with van der Waals surface area (Å²) in [4.78, 5) is 22.1. The normalized spacial score (nSPS) is 23.2. The molecule has 1 unspecified atom stereocenters. The lowest BCUT2D eigenvalue weighted by Gasteiger charge is -2.12. The predicted molar refractivity (Wildman–Crippen MR) is 59.8 cm³/mol. The van der Waals surface area contributed by atoms with Gasteiger partial charge in [-0.15, -0.1) is 0 Å².